The van der Waals surface area contributed by atoms with Crippen molar-refractivity contribution in [1.29, 1.82) is 0 Å². The van der Waals surface area contributed by atoms with Crippen molar-refractivity contribution in [1.82, 2.24) is 0 Å². The van der Waals surface area contributed by atoms with Crippen molar-refractivity contribution in [3.63, 3.8) is 0 Å². The van der Waals surface area contributed by atoms with Gasteiger partial charge in [0.1, 0.15) is 12.1 Å². The van der Waals surface area contributed by atoms with Crippen LogP contribution < -0.4 is 5.19 Å². The largest absolute Gasteiger partial charge is 0.466 e. The topological polar surface area (TPSA) is 60.4 Å². The summed E-state index contributed by atoms with van der Waals surface area (Å²) in [5, 5.41) is 1.24. The molecule has 0 radical (unpaired) electrons. The van der Waals surface area contributed by atoms with Gasteiger partial charge in [0.25, 0.3) is 0 Å². The Morgan fingerprint density at radius 3 is 2.52 bits per heavy atom. The lowest BCUT2D eigenvalue weighted by Crippen LogP contribution is -2.47. The van der Waals surface area contributed by atoms with Crippen LogP contribution in [0.1, 0.15) is 19.8 Å². The van der Waals surface area contributed by atoms with Gasteiger partial charge < -0.3 is 9.53 Å². The second kappa shape index (κ2) is 7.21. The van der Waals surface area contributed by atoms with Crippen molar-refractivity contribution in [2.75, 3.05) is 6.61 Å². The molecule has 4 nitrogen and oxygen atoms in total. The Morgan fingerprint density at radius 1 is 1.30 bits per heavy atom. The predicted molar refractivity (Wildman–Crippen MR) is 91.2 cm³/mol. The molecule has 0 saturated heterocycles. The zero-order valence-electron chi connectivity index (χ0n) is 14.0. The maximum Gasteiger partial charge on any atom is 0.306 e. The summed E-state index contributed by atoms with van der Waals surface area (Å²) in [5.74, 6) is -1.27. The molecule has 1 aliphatic carbocycles. The minimum atomic E-state index is -1.99. The Kier molecular flexibility index (Phi) is 5.52. The third kappa shape index (κ3) is 3.60. The van der Waals surface area contributed by atoms with Gasteiger partial charge in [-0.25, -0.2) is 0 Å². The molecular formula is C18H24O4Si. The van der Waals surface area contributed by atoms with Gasteiger partial charge in [-0.2, -0.15) is 0 Å². The highest BCUT2D eigenvalue weighted by molar-refractivity contribution is 6.91. The maximum atomic E-state index is 12.4. The van der Waals surface area contributed by atoms with Crippen LogP contribution in [0, 0.1) is 11.8 Å². The lowest BCUT2D eigenvalue weighted by Gasteiger charge is -2.33. The van der Waals surface area contributed by atoms with Gasteiger partial charge in [0.05, 0.1) is 21.1 Å². The van der Waals surface area contributed by atoms with E-state index in [2.05, 4.69) is 25.2 Å². The molecule has 1 aromatic carbocycles. The monoisotopic (exact) mass is 332 g/mol. The van der Waals surface area contributed by atoms with Crippen LogP contribution in [0.4, 0.5) is 0 Å². The average Bonchev–Trinajstić information content (AvgIpc) is 2.85. The molecule has 0 unspecified atom stereocenters. The van der Waals surface area contributed by atoms with Crippen molar-refractivity contribution < 1.29 is 19.1 Å². The molecule has 5 heteroatoms. The van der Waals surface area contributed by atoms with Crippen molar-refractivity contribution in [2.24, 2.45) is 11.8 Å². The normalized spacial score (nSPS) is 24.5. The third-order valence-electron chi connectivity index (χ3n) is 5.06. The number of carbonyl (C=O) groups is 3. The summed E-state index contributed by atoms with van der Waals surface area (Å²) < 4.78 is 4.95. The van der Waals surface area contributed by atoms with Gasteiger partial charge in [-0.15, -0.1) is 0 Å². The number of rotatable bonds is 6. The molecular weight excluding hydrogens is 308 g/mol. The smallest absolute Gasteiger partial charge is 0.306 e. The molecule has 23 heavy (non-hydrogen) atoms. The first-order valence-electron chi connectivity index (χ1n) is 8.11. The van der Waals surface area contributed by atoms with Crippen LogP contribution in [0.25, 0.3) is 0 Å². The number of aldehydes is 1. The Morgan fingerprint density at radius 2 is 1.96 bits per heavy atom. The molecule has 1 saturated carbocycles. The third-order valence-corrected chi connectivity index (χ3v) is 9.32. The van der Waals surface area contributed by atoms with E-state index in [1.165, 1.54) is 5.19 Å². The fraction of sp³-hybridized carbons (Fsp3) is 0.500. The van der Waals surface area contributed by atoms with Gasteiger partial charge in [0.2, 0.25) is 0 Å². The fourth-order valence-corrected chi connectivity index (χ4v) is 7.12. The molecule has 0 amide bonds. The van der Waals surface area contributed by atoms with Crippen molar-refractivity contribution in [3.05, 3.63) is 30.3 Å². The number of hydrogen-bond donors (Lipinski definition) is 0. The summed E-state index contributed by atoms with van der Waals surface area (Å²) in [6.07, 6.45) is 1.30. The first kappa shape index (κ1) is 17.6. The molecule has 1 aliphatic rings. The zero-order valence-corrected chi connectivity index (χ0v) is 15.0. The number of ether oxygens (including phenoxy) is 1. The van der Waals surface area contributed by atoms with E-state index in [9.17, 15) is 14.4 Å². The minimum Gasteiger partial charge on any atom is -0.466 e. The van der Waals surface area contributed by atoms with Crippen LogP contribution in [-0.4, -0.2) is 32.7 Å². The van der Waals surface area contributed by atoms with Crippen molar-refractivity contribution in [2.45, 2.75) is 38.4 Å². The van der Waals surface area contributed by atoms with Crippen LogP contribution in [0.2, 0.25) is 18.6 Å². The summed E-state index contributed by atoms with van der Waals surface area (Å²) in [4.78, 5) is 35.9. The Balaban J connectivity index is 2.25. The molecule has 0 bridgehead atoms. The summed E-state index contributed by atoms with van der Waals surface area (Å²) in [5.41, 5.74) is 0.0364. The Hall–Kier alpha value is -1.75. The number of carbonyl (C=O) groups excluding carboxylic acids is 3. The first-order valence-corrected chi connectivity index (χ1v) is 11.2. The quantitative estimate of drug-likeness (QED) is 0.456. The van der Waals surface area contributed by atoms with Crippen LogP contribution in [0.3, 0.4) is 0 Å². The average molecular weight is 332 g/mol. The minimum absolute atomic E-state index is 0.0197. The summed E-state index contributed by atoms with van der Waals surface area (Å²) in [6, 6.07) is 10.1. The lowest BCUT2D eigenvalue weighted by atomic mass is 9.93. The van der Waals surface area contributed by atoms with E-state index in [0.29, 0.717) is 13.0 Å². The number of esters is 1. The molecule has 124 valence electrons. The van der Waals surface area contributed by atoms with E-state index < -0.39 is 20.0 Å². The molecule has 1 fully saturated rings. The van der Waals surface area contributed by atoms with Crippen molar-refractivity contribution >= 4 is 31.3 Å². The summed E-state index contributed by atoms with van der Waals surface area (Å²) in [6.45, 7) is 6.42. The molecule has 0 heterocycles. The Bertz CT molecular complexity index is 582. The standard InChI is InChI=1S/C18H24O4Si/c1-4-22-18(21)10-14-15(12-19)17(11-16(14)20)23(2,3)13-8-6-5-7-9-13/h5-9,12,14-15,17H,4,10-11H2,1-3H3/t14-,15-,17-/m0/s1. The van der Waals surface area contributed by atoms with Crippen LogP contribution >= 0.6 is 0 Å². The number of benzene rings is 1. The van der Waals surface area contributed by atoms with E-state index in [1.54, 1.807) is 6.92 Å². The fourth-order valence-electron chi connectivity index (χ4n) is 3.66. The molecule has 2 rings (SSSR count). The second-order valence-corrected chi connectivity index (χ2v) is 11.5. The number of Topliss-reactive ketones (excluding diaryl/α,β-unsaturated/α-hetero) is 1. The molecule has 0 spiro atoms. The highest BCUT2D eigenvalue weighted by Crippen LogP contribution is 2.45. The Labute approximate surface area is 138 Å². The van der Waals surface area contributed by atoms with Gasteiger partial charge in [-0.1, -0.05) is 48.6 Å². The molecule has 1 aromatic rings. The van der Waals surface area contributed by atoms with E-state index >= 15 is 0 Å². The first-order chi connectivity index (χ1) is 10.9. The summed E-state index contributed by atoms with van der Waals surface area (Å²) >= 11 is 0. The van der Waals surface area contributed by atoms with E-state index in [-0.39, 0.29) is 23.7 Å². The van der Waals surface area contributed by atoms with Gasteiger partial charge >= 0.3 is 5.97 Å². The van der Waals surface area contributed by atoms with Gasteiger partial charge in [0.15, 0.2) is 0 Å². The highest BCUT2D eigenvalue weighted by Gasteiger charge is 2.50. The highest BCUT2D eigenvalue weighted by atomic mass is 28.3. The van der Waals surface area contributed by atoms with E-state index in [0.717, 1.165) is 6.29 Å². The van der Waals surface area contributed by atoms with Crippen LogP contribution in [-0.2, 0) is 19.1 Å². The van der Waals surface area contributed by atoms with Crippen LogP contribution in [0.15, 0.2) is 30.3 Å². The molecule has 0 aromatic heterocycles. The van der Waals surface area contributed by atoms with Gasteiger partial charge in [-0.05, 0) is 12.5 Å². The predicted octanol–water partition coefficient (Wildman–Crippen LogP) is 2.33. The van der Waals surface area contributed by atoms with Gasteiger partial charge in [0, 0.05) is 18.3 Å². The number of hydrogen-bond acceptors (Lipinski definition) is 4. The number of ketones is 1. The molecule has 3 atom stereocenters. The van der Waals surface area contributed by atoms with E-state index in [4.69, 9.17) is 4.74 Å². The second-order valence-electron chi connectivity index (χ2n) is 6.69. The SMILES string of the molecule is CCOC(=O)C[C@@H]1C(=O)C[C@H]([Si](C)(C)c2ccccc2)[C@H]1C=O. The van der Waals surface area contributed by atoms with Crippen molar-refractivity contribution in [3.8, 4) is 0 Å². The molecule has 0 N–H and O–H groups in total. The van der Waals surface area contributed by atoms with Gasteiger partial charge in [-0.3, -0.25) is 9.59 Å². The summed E-state index contributed by atoms with van der Waals surface area (Å²) in [7, 11) is -1.99. The maximum absolute atomic E-state index is 12.4. The van der Waals surface area contributed by atoms with E-state index in [1.807, 2.05) is 18.2 Å². The van der Waals surface area contributed by atoms with Crippen LogP contribution in [0.5, 0.6) is 0 Å². The zero-order chi connectivity index (χ0) is 17.0. The lowest BCUT2D eigenvalue weighted by molar-refractivity contribution is -0.146. The molecule has 0 aliphatic heterocycles.